The van der Waals surface area contributed by atoms with Gasteiger partial charge in [0, 0.05) is 22.5 Å². The third-order valence-corrected chi connectivity index (χ3v) is 4.10. The number of pyridine rings is 1. The Kier molecular flexibility index (Phi) is 5.55. The number of anilines is 1. The first kappa shape index (κ1) is 20.0. The fraction of sp³-hybridized carbons (Fsp3) is 0.125. The van der Waals surface area contributed by atoms with Crippen LogP contribution in [0.2, 0.25) is 0 Å². The molecule has 0 saturated carbocycles. The van der Waals surface area contributed by atoms with Gasteiger partial charge in [0.05, 0.1) is 7.11 Å². The van der Waals surface area contributed by atoms with Gasteiger partial charge in [0.2, 0.25) is 0 Å². The van der Waals surface area contributed by atoms with E-state index in [4.69, 9.17) is 15.2 Å². The lowest BCUT2D eigenvalue weighted by Crippen LogP contribution is -2.24. The number of H-pyrrole nitrogens is 1. The number of esters is 1. The first-order valence-electron chi connectivity index (χ1n) is 7.17. The Morgan fingerprint density at radius 3 is 2.19 bits per heavy atom. The highest BCUT2D eigenvalue weighted by Crippen LogP contribution is 2.41. The van der Waals surface area contributed by atoms with Gasteiger partial charge in [-0.15, -0.1) is 0 Å². The van der Waals surface area contributed by atoms with Gasteiger partial charge in [-0.1, -0.05) is 15.9 Å². The molecular formula is C16H13BrN2O8. The third kappa shape index (κ3) is 3.77. The molecule has 142 valence electrons. The summed E-state index contributed by atoms with van der Waals surface area (Å²) in [5.41, 5.74) is 2.68. The monoisotopic (exact) mass is 440 g/mol. The molecule has 0 spiro atoms. The maximum Gasteiger partial charge on any atom is 0.342 e. The van der Waals surface area contributed by atoms with Crippen molar-refractivity contribution in [1.29, 1.82) is 0 Å². The Hall–Kier alpha value is -3.34. The molecule has 0 aliphatic carbocycles. The molecule has 0 aliphatic heterocycles. The van der Waals surface area contributed by atoms with E-state index in [-0.39, 0.29) is 21.5 Å². The minimum atomic E-state index is -1.65. The van der Waals surface area contributed by atoms with E-state index in [2.05, 4.69) is 15.9 Å². The highest BCUT2D eigenvalue weighted by Gasteiger charge is 2.28. The van der Waals surface area contributed by atoms with E-state index in [0.29, 0.717) is 0 Å². The number of benzene rings is 1. The second-order valence-electron chi connectivity index (χ2n) is 5.18. The van der Waals surface area contributed by atoms with E-state index >= 15 is 0 Å². The molecule has 0 radical (unpaired) electrons. The zero-order valence-corrected chi connectivity index (χ0v) is 15.5. The van der Waals surface area contributed by atoms with Crippen LogP contribution in [0.4, 0.5) is 5.82 Å². The van der Waals surface area contributed by atoms with Crippen molar-refractivity contribution in [1.82, 2.24) is 4.98 Å². The summed E-state index contributed by atoms with van der Waals surface area (Å²) in [6, 6.07) is 2.51. The van der Waals surface area contributed by atoms with Crippen LogP contribution in [0.5, 0.6) is 11.5 Å². The molecule has 1 aromatic carbocycles. The van der Waals surface area contributed by atoms with Crippen molar-refractivity contribution in [2.45, 2.75) is 6.92 Å². The van der Waals surface area contributed by atoms with Crippen LogP contribution in [0.3, 0.4) is 0 Å². The van der Waals surface area contributed by atoms with Gasteiger partial charge in [-0.05, 0) is 12.1 Å². The number of hydrogen-bond acceptors (Lipinski definition) is 7. The number of aromatic nitrogens is 1. The van der Waals surface area contributed by atoms with Crippen LogP contribution in [-0.2, 0) is 4.79 Å². The van der Waals surface area contributed by atoms with Gasteiger partial charge in [-0.25, -0.2) is 9.59 Å². The lowest BCUT2D eigenvalue weighted by atomic mass is 9.95. The van der Waals surface area contributed by atoms with Crippen LogP contribution in [0.15, 0.2) is 21.4 Å². The second kappa shape index (κ2) is 7.50. The van der Waals surface area contributed by atoms with Crippen molar-refractivity contribution < 1.29 is 34.1 Å². The van der Waals surface area contributed by atoms with Crippen LogP contribution in [0.1, 0.15) is 27.6 Å². The van der Waals surface area contributed by atoms with Crippen molar-refractivity contribution in [3.05, 3.63) is 38.1 Å². The molecule has 0 bridgehead atoms. The topological polar surface area (TPSA) is 169 Å². The summed E-state index contributed by atoms with van der Waals surface area (Å²) in [6.07, 6.45) is 0. The van der Waals surface area contributed by atoms with Crippen molar-refractivity contribution in [2.24, 2.45) is 0 Å². The van der Waals surface area contributed by atoms with E-state index in [0.717, 1.165) is 0 Å². The number of methoxy groups -OCH3 is 1. The number of carbonyl (C=O) groups excluding carboxylic acids is 1. The van der Waals surface area contributed by atoms with Crippen molar-refractivity contribution >= 4 is 39.7 Å². The second-order valence-corrected chi connectivity index (χ2v) is 6.03. The van der Waals surface area contributed by atoms with Gasteiger partial charge in [-0.3, -0.25) is 9.59 Å². The number of aromatic carboxylic acids is 2. The lowest BCUT2D eigenvalue weighted by Gasteiger charge is -2.16. The highest BCUT2D eigenvalue weighted by atomic mass is 79.9. The number of aromatic amines is 1. The molecule has 27 heavy (non-hydrogen) atoms. The van der Waals surface area contributed by atoms with Gasteiger partial charge in [0.1, 0.15) is 16.9 Å². The average molecular weight is 441 g/mol. The number of nitrogens with one attached hydrogen (secondary N) is 1. The molecule has 2 rings (SSSR count). The lowest BCUT2D eigenvalue weighted by molar-refractivity contribution is -0.132. The van der Waals surface area contributed by atoms with Gasteiger partial charge in [0.15, 0.2) is 11.5 Å². The van der Waals surface area contributed by atoms with Gasteiger partial charge in [-0.2, -0.15) is 0 Å². The van der Waals surface area contributed by atoms with Gasteiger partial charge >= 0.3 is 17.9 Å². The number of carbonyl (C=O) groups is 3. The van der Waals surface area contributed by atoms with Crippen LogP contribution in [-0.4, -0.2) is 40.2 Å². The molecular weight excluding hydrogens is 428 g/mol. The van der Waals surface area contributed by atoms with Crippen LogP contribution in [0, 0.1) is 0 Å². The van der Waals surface area contributed by atoms with E-state index < -0.39 is 46.0 Å². The molecule has 0 saturated heterocycles. The predicted octanol–water partition coefficient (Wildman–Crippen LogP) is 1.72. The molecule has 1 aromatic heterocycles. The zero-order chi connectivity index (χ0) is 20.5. The maximum absolute atomic E-state index is 12.1. The Bertz CT molecular complexity index is 1030. The summed E-state index contributed by atoms with van der Waals surface area (Å²) in [4.78, 5) is 48.6. The summed E-state index contributed by atoms with van der Waals surface area (Å²) >= 11 is 3.17. The Balaban J connectivity index is 2.97. The van der Waals surface area contributed by atoms with E-state index in [9.17, 15) is 29.4 Å². The van der Waals surface area contributed by atoms with E-state index in [1.807, 2.05) is 4.98 Å². The Morgan fingerprint density at radius 2 is 1.70 bits per heavy atom. The molecule has 0 amide bonds. The first-order valence-corrected chi connectivity index (χ1v) is 7.96. The van der Waals surface area contributed by atoms with Crippen LogP contribution < -0.4 is 20.8 Å². The number of rotatable bonds is 5. The molecule has 1 heterocycles. The Labute approximate surface area is 159 Å². The number of nitrogens with two attached hydrogens (primary N) is 1. The minimum Gasteiger partial charge on any atom is -0.493 e. The molecule has 0 atom stereocenters. The molecule has 11 heteroatoms. The maximum atomic E-state index is 12.1. The number of halogens is 1. The predicted molar refractivity (Wildman–Crippen MR) is 96.4 cm³/mol. The molecule has 10 nitrogen and oxygen atoms in total. The third-order valence-electron chi connectivity index (χ3n) is 3.45. The van der Waals surface area contributed by atoms with Crippen molar-refractivity contribution in [2.75, 3.05) is 12.8 Å². The van der Waals surface area contributed by atoms with Gasteiger partial charge < -0.3 is 30.4 Å². The molecule has 5 N–H and O–H groups in total. The number of carboxylic acids is 2. The fourth-order valence-corrected chi connectivity index (χ4v) is 2.96. The van der Waals surface area contributed by atoms with Crippen LogP contribution >= 0.6 is 15.9 Å². The van der Waals surface area contributed by atoms with Gasteiger partial charge in [0.25, 0.3) is 5.56 Å². The van der Waals surface area contributed by atoms with Crippen LogP contribution in [0.25, 0.3) is 11.1 Å². The summed E-state index contributed by atoms with van der Waals surface area (Å²) in [5.74, 6) is -4.32. The van der Waals surface area contributed by atoms with E-state index in [1.165, 1.54) is 26.2 Å². The quantitative estimate of drug-likeness (QED) is 0.399. The smallest absolute Gasteiger partial charge is 0.342 e. The number of hydrogen-bond donors (Lipinski definition) is 4. The minimum absolute atomic E-state index is 0.00430. The first-order chi connectivity index (χ1) is 12.6. The molecule has 0 aliphatic rings. The Morgan fingerprint density at radius 1 is 1.11 bits per heavy atom. The fourth-order valence-electron chi connectivity index (χ4n) is 2.44. The summed E-state index contributed by atoms with van der Waals surface area (Å²) in [7, 11) is 1.27. The summed E-state index contributed by atoms with van der Waals surface area (Å²) < 4.78 is 10.3. The molecule has 0 unspecified atom stereocenters. The standard InChI is InChI=1S/C16H13BrN2O8/c1-5(20)27-9-4-7(17)6(3-8(9)26-2)10-11(15(22)23)13(18)19-14(21)12(10)16(24)25/h3-4H,1-2H3,(H,22,23)(H,24,25)(H3,18,19,21). The largest absolute Gasteiger partial charge is 0.493 e. The number of carboxylic acid groups (broad SMARTS) is 2. The number of ether oxygens (including phenoxy) is 2. The van der Waals surface area contributed by atoms with E-state index in [1.54, 1.807) is 0 Å². The number of nitrogen functional groups attached to an aromatic ring is 1. The van der Waals surface area contributed by atoms with Crippen molar-refractivity contribution in [3.8, 4) is 22.6 Å². The SMILES string of the molecule is COc1cc(-c2c(C(=O)O)c(N)[nH]c(=O)c2C(=O)O)c(Br)cc1OC(C)=O. The summed E-state index contributed by atoms with van der Waals surface area (Å²) in [6.45, 7) is 1.17. The molecule has 0 fully saturated rings. The zero-order valence-electron chi connectivity index (χ0n) is 14.0. The normalized spacial score (nSPS) is 10.3. The summed E-state index contributed by atoms with van der Waals surface area (Å²) in [5, 5.41) is 18.9. The van der Waals surface area contributed by atoms with Crippen molar-refractivity contribution in [3.63, 3.8) is 0 Å². The highest BCUT2D eigenvalue weighted by molar-refractivity contribution is 9.10. The molecule has 2 aromatic rings. The average Bonchev–Trinajstić information content (AvgIpc) is 2.52.